The number of ketones is 1. The zero-order valence-corrected chi connectivity index (χ0v) is 9.70. The predicted octanol–water partition coefficient (Wildman–Crippen LogP) is 0.897. The van der Waals surface area contributed by atoms with Crippen molar-refractivity contribution in [2.24, 2.45) is 11.8 Å². The molecule has 2 atom stereocenters. The summed E-state index contributed by atoms with van der Waals surface area (Å²) in [7, 11) is 1.43. The molecule has 2 aliphatic rings. The van der Waals surface area contributed by atoms with Crippen molar-refractivity contribution < 1.29 is 14.3 Å². The quantitative estimate of drug-likeness (QED) is 0.709. The van der Waals surface area contributed by atoms with Gasteiger partial charge in [0.15, 0.2) is 0 Å². The van der Waals surface area contributed by atoms with Crippen LogP contribution in [0.15, 0.2) is 0 Å². The van der Waals surface area contributed by atoms with Gasteiger partial charge in [0.25, 0.3) is 0 Å². The fraction of sp³-hybridized carbons (Fsp3) is 0.833. The molecule has 1 saturated carbocycles. The normalized spacial score (nSPS) is 31.7. The van der Waals surface area contributed by atoms with E-state index in [2.05, 4.69) is 5.32 Å². The van der Waals surface area contributed by atoms with Crippen LogP contribution < -0.4 is 5.32 Å². The minimum Gasteiger partial charge on any atom is -0.468 e. The molecule has 0 aromatic carbocycles. The van der Waals surface area contributed by atoms with Crippen LogP contribution in [0.4, 0.5) is 0 Å². The summed E-state index contributed by atoms with van der Waals surface area (Å²) in [6.07, 6.45) is 4.29. The third-order valence-electron chi connectivity index (χ3n) is 3.92. The van der Waals surface area contributed by atoms with Crippen molar-refractivity contribution in [1.82, 2.24) is 5.32 Å². The molecule has 2 rings (SSSR count). The molecule has 1 aliphatic carbocycles. The number of rotatable bonds is 2. The van der Waals surface area contributed by atoms with Gasteiger partial charge < -0.3 is 10.1 Å². The number of hydrogen-bond acceptors (Lipinski definition) is 4. The summed E-state index contributed by atoms with van der Waals surface area (Å²) in [5.74, 6) is 1.09. The van der Waals surface area contributed by atoms with Crippen LogP contribution >= 0.6 is 0 Å². The van der Waals surface area contributed by atoms with Crippen molar-refractivity contribution in [3.63, 3.8) is 0 Å². The zero-order valence-electron chi connectivity index (χ0n) is 9.70. The van der Waals surface area contributed by atoms with Crippen LogP contribution in [-0.2, 0) is 14.3 Å². The lowest BCUT2D eigenvalue weighted by Gasteiger charge is -2.29. The number of carbonyl (C=O) groups excluding carboxylic acids is 2. The van der Waals surface area contributed by atoms with Crippen LogP contribution in [0.1, 0.15) is 32.1 Å². The van der Waals surface area contributed by atoms with E-state index in [1.807, 2.05) is 0 Å². The molecule has 0 aromatic heterocycles. The molecule has 2 fully saturated rings. The second-order valence-electron chi connectivity index (χ2n) is 4.78. The Bertz CT molecular complexity index is 280. The van der Waals surface area contributed by atoms with Gasteiger partial charge in [-0.15, -0.1) is 0 Å². The molecule has 0 spiro atoms. The van der Waals surface area contributed by atoms with E-state index in [1.165, 1.54) is 7.11 Å². The van der Waals surface area contributed by atoms with Crippen LogP contribution in [0.25, 0.3) is 0 Å². The summed E-state index contributed by atoms with van der Waals surface area (Å²) < 4.78 is 4.81. The third-order valence-corrected chi connectivity index (χ3v) is 3.92. The van der Waals surface area contributed by atoms with E-state index < -0.39 is 0 Å². The van der Waals surface area contributed by atoms with Gasteiger partial charge in [-0.25, -0.2) is 0 Å². The summed E-state index contributed by atoms with van der Waals surface area (Å²) >= 11 is 0. The molecule has 0 bridgehead atoms. The van der Waals surface area contributed by atoms with Gasteiger partial charge in [0.05, 0.1) is 7.11 Å². The lowest BCUT2D eigenvalue weighted by Crippen LogP contribution is -2.40. The minimum absolute atomic E-state index is 0.150. The van der Waals surface area contributed by atoms with Crippen LogP contribution in [0.3, 0.4) is 0 Å². The molecule has 0 radical (unpaired) electrons. The topological polar surface area (TPSA) is 55.4 Å². The molecule has 90 valence electrons. The fourth-order valence-corrected chi connectivity index (χ4v) is 3.01. The van der Waals surface area contributed by atoms with Gasteiger partial charge in [-0.3, -0.25) is 9.59 Å². The van der Waals surface area contributed by atoms with Crippen LogP contribution in [-0.4, -0.2) is 31.4 Å². The number of carbonyl (C=O) groups is 2. The first-order chi connectivity index (χ1) is 7.72. The van der Waals surface area contributed by atoms with Gasteiger partial charge in [-0.2, -0.15) is 0 Å². The summed E-state index contributed by atoms with van der Waals surface area (Å²) in [6.45, 7) is 0.884. The van der Waals surface area contributed by atoms with Gasteiger partial charge >= 0.3 is 5.97 Å². The maximum Gasteiger partial charge on any atom is 0.323 e. The average Bonchev–Trinajstić information content (AvgIpc) is 2.78. The number of methoxy groups -OCH3 is 1. The Labute approximate surface area is 95.7 Å². The first-order valence-electron chi connectivity index (χ1n) is 6.05. The van der Waals surface area contributed by atoms with Crippen molar-refractivity contribution in [3.05, 3.63) is 0 Å². The number of ether oxygens (including phenoxy) is 1. The standard InChI is InChI=1S/C12H19NO3/c1-16-12(15)11-10(6-7-13-11)8-2-4-9(14)5-3-8/h8,10-11,13H,2-7H2,1H3/t10?,11-/m0/s1. The second kappa shape index (κ2) is 4.95. The molecule has 0 amide bonds. The molecule has 4 nitrogen and oxygen atoms in total. The summed E-state index contributed by atoms with van der Waals surface area (Å²) in [5.41, 5.74) is 0. The Morgan fingerprint density at radius 2 is 2.00 bits per heavy atom. The molecule has 0 aromatic rings. The number of hydrogen-bond donors (Lipinski definition) is 1. The molecule has 16 heavy (non-hydrogen) atoms. The van der Waals surface area contributed by atoms with E-state index in [1.54, 1.807) is 0 Å². The van der Waals surface area contributed by atoms with E-state index in [0.717, 1.165) is 25.8 Å². The van der Waals surface area contributed by atoms with Gasteiger partial charge in [-0.1, -0.05) is 0 Å². The summed E-state index contributed by atoms with van der Waals surface area (Å²) in [5, 5.41) is 3.21. The molecule has 1 saturated heterocycles. The Kier molecular flexibility index (Phi) is 3.59. The van der Waals surface area contributed by atoms with Crippen molar-refractivity contribution in [2.45, 2.75) is 38.1 Å². The Hall–Kier alpha value is -0.900. The average molecular weight is 225 g/mol. The van der Waals surface area contributed by atoms with E-state index in [4.69, 9.17) is 4.74 Å². The molecule has 4 heteroatoms. The second-order valence-corrected chi connectivity index (χ2v) is 4.78. The monoisotopic (exact) mass is 225 g/mol. The van der Waals surface area contributed by atoms with Crippen LogP contribution in [0, 0.1) is 11.8 Å². The van der Waals surface area contributed by atoms with Crippen LogP contribution in [0.5, 0.6) is 0 Å². The number of Topliss-reactive ketones (excluding diaryl/α,β-unsaturated/α-hetero) is 1. The maximum atomic E-state index is 11.6. The van der Waals surface area contributed by atoms with Crippen molar-refractivity contribution >= 4 is 11.8 Å². The largest absolute Gasteiger partial charge is 0.468 e. The van der Waals surface area contributed by atoms with E-state index in [-0.39, 0.29) is 12.0 Å². The smallest absolute Gasteiger partial charge is 0.323 e. The highest BCUT2D eigenvalue weighted by Crippen LogP contribution is 2.34. The van der Waals surface area contributed by atoms with Gasteiger partial charge in [0, 0.05) is 12.8 Å². The molecular weight excluding hydrogens is 206 g/mol. The number of nitrogens with one attached hydrogen (secondary N) is 1. The SMILES string of the molecule is COC(=O)[C@H]1NCCC1C1CCC(=O)CC1. The fourth-order valence-electron chi connectivity index (χ4n) is 3.01. The minimum atomic E-state index is -0.153. The highest BCUT2D eigenvalue weighted by Gasteiger charge is 2.39. The molecule has 1 N–H and O–H groups in total. The Morgan fingerprint density at radius 1 is 1.31 bits per heavy atom. The lowest BCUT2D eigenvalue weighted by atomic mass is 9.76. The zero-order chi connectivity index (χ0) is 11.5. The number of esters is 1. The molecule has 1 heterocycles. The van der Waals surface area contributed by atoms with Gasteiger partial charge in [-0.05, 0) is 37.6 Å². The van der Waals surface area contributed by atoms with Crippen molar-refractivity contribution in [1.29, 1.82) is 0 Å². The van der Waals surface area contributed by atoms with E-state index >= 15 is 0 Å². The van der Waals surface area contributed by atoms with Gasteiger partial charge in [0.2, 0.25) is 0 Å². The first kappa shape index (κ1) is 11.6. The highest BCUT2D eigenvalue weighted by molar-refractivity contribution is 5.79. The predicted molar refractivity (Wildman–Crippen MR) is 58.9 cm³/mol. The Balaban J connectivity index is 1.97. The Morgan fingerprint density at radius 3 is 2.62 bits per heavy atom. The molecular formula is C12H19NO3. The van der Waals surface area contributed by atoms with Crippen molar-refractivity contribution in [3.8, 4) is 0 Å². The highest BCUT2D eigenvalue weighted by atomic mass is 16.5. The van der Waals surface area contributed by atoms with E-state index in [0.29, 0.717) is 30.5 Å². The third kappa shape index (κ3) is 2.26. The van der Waals surface area contributed by atoms with E-state index in [9.17, 15) is 9.59 Å². The van der Waals surface area contributed by atoms with Gasteiger partial charge in [0.1, 0.15) is 11.8 Å². The lowest BCUT2D eigenvalue weighted by molar-refractivity contribution is -0.144. The summed E-state index contributed by atoms with van der Waals surface area (Å²) in [6, 6.07) is -0.150. The van der Waals surface area contributed by atoms with Crippen LogP contribution in [0.2, 0.25) is 0 Å². The maximum absolute atomic E-state index is 11.6. The summed E-state index contributed by atoms with van der Waals surface area (Å²) in [4.78, 5) is 22.8. The molecule has 1 aliphatic heterocycles. The first-order valence-corrected chi connectivity index (χ1v) is 6.05. The van der Waals surface area contributed by atoms with Crippen molar-refractivity contribution in [2.75, 3.05) is 13.7 Å². The molecule has 1 unspecified atom stereocenters.